The van der Waals surface area contributed by atoms with Gasteiger partial charge in [-0.3, -0.25) is 0 Å². The fourth-order valence-electron chi connectivity index (χ4n) is 0.659. The molecule has 1 aliphatic rings. The molecular formula is C7H11I2NO. The molecule has 0 bridgehead atoms. The molecular weight excluding hydrogens is 368 g/mol. The van der Waals surface area contributed by atoms with Crippen LogP contribution in [-0.4, -0.2) is 17.7 Å². The Bertz CT molecular complexity index is 220. The SMILES string of the molecule is CI=CI=CC1=C(C)NCO1. The molecule has 0 atom stereocenters. The summed E-state index contributed by atoms with van der Waals surface area (Å²) in [7, 11) is 0. The first kappa shape index (κ1) is 9.63. The molecule has 0 aromatic heterocycles. The van der Waals surface area contributed by atoms with Gasteiger partial charge in [-0.1, -0.05) is 20.7 Å². The van der Waals surface area contributed by atoms with Gasteiger partial charge in [0.2, 0.25) is 0 Å². The minimum Gasteiger partial charge on any atom is -0.471 e. The average Bonchev–Trinajstić information content (AvgIpc) is 2.37. The highest BCUT2D eigenvalue weighted by Gasteiger charge is 2.06. The van der Waals surface area contributed by atoms with E-state index in [0.717, 1.165) is 5.76 Å². The number of hydrogen-bond donors (Lipinski definition) is 1. The molecule has 4 heteroatoms. The Balaban J connectivity index is 2.54. The van der Waals surface area contributed by atoms with Crippen molar-refractivity contribution in [3.05, 3.63) is 11.5 Å². The second-order valence-electron chi connectivity index (χ2n) is 1.99. The van der Waals surface area contributed by atoms with Gasteiger partial charge in [0.15, 0.2) is 6.73 Å². The molecule has 0 unspecified atom stereocenters. The summed E-state index contributed by atoms with van der Waals surface area (Å²) in [5.74, 6) is 1.08. The monoisotopic (exact) mass is 379 g/mol. The molecule has 0 radical (unpaired) electrons. The van der Waals surface area contributed by atoms with E-state index in [1.54, 1.807) is 0 Å². The molecule has 64 valence electrons. The third-order valence-corrected chi connectivity index (χ3v) is 7.88. The van der Waals surface area contributed by atoms with E-state index in [0.29, 0.717) is 27.5 Å². The van der Waals surface area contributed by atoms with Crippen LogP contribution in [-0.2, 0) is 4.74 Å². The van der Waals surface area contributed by atoms with Crippen LogP contribution in [0.5, 0.6) is 0 Å². The number of allylic oxidation sites excluding steroid dienone is 2. The number of alkyl halides is 1. The first-order valence-electron chi connectivity index (χ1n) is 3.17. The zero-order valence-corrected chi connectivity index (χ0v) is 10.8. The fourth-order valence-corrected chi connectivity index (χ4v) is 4.78. The lowest BCUT2D eigenvalue weighted by atomic mass is 10.4. The van der Waals surface area contributed by atoms with Gasteiger partial charge in [0, 0.05) is 6.03 Å². The normalized spacial score (nSPS) is 19.5. The van der Waals surface area contributed by atoms with E-state index < -0.39 is 0 Å². The van der Waals surface area contributed by atoms with Crippen LogP contribution in [0.15, 0.2) is 11.5 Å². The van der Waals surface area contributed by atoms with E-state index in [9.17, 15) is 0 Å². The molecule has 0 aromatic rings. The third-order valence-electron chi connectivity index (χ3n) is 1.23. The molecule has 11 heavy (non-hydrogen) atoms. The molecule has 1 N–H and O–H groups in total. The molecule has 1 aliphatic heterocycles. The minimum absolute atomic E-state index is 0.161. The Morgan fingerprint density at radius 3 is 3.00 bits per heavy atom. The van der Waals surface area contributed by atoms with Gasteiger partial charge in [-0.25, -0.2) is 0 Å². The van der Waals surface area contributed by atoms with E-state index in [2.05, 4.69) is 23.2 Å². The number of nitrogens with one attached hydrogen (secondary N) is 1. The highest BCUT2D eigenvalue weighted by molar-refractivity contribution is 14.3. The van der Waals surface area contributed by atoms with Gasteiger partial charge in [-0.05, 0) is 11.9 Å². The van der Waals surface area contributed by atoms with Gasteiger partial charge >= 0.3 is 0 Å². The van der Waals surface area contributed by atoms with Crippen molar-refractivity contribution in [2.75, 3.05) is 11.7 Å². The summed E-state index contributed by atoms with van der Waals surface area (Å²) in [5.41, 5.74) is 1.19. The van der Waals surface area contributed by atoms with Crippen molar-refractivity contribution in [3.63, 3.8) is 0 Å². The average molecular weight is 379 g/mol. The number of rotatable bonds is 2. The Labute approximate surface area is 86.9 Å². The molecule has 0 aliphatic carbocycles. The summed E-state index contributed by atoms with van der Waals surface area (Å²) in [6.45, 7) is 2.71. The molecule has 0 fully saturated rings. The Kier molecular flexibility index (Phi) is 4.58. The molecule has 0 spiro atoms. The zero-order valence-electron chi connectivity index (χ0n) is 6.53. The van der Waals surface area contributed by atoms with Crippen LogP contribution in [0.25, 0.3) is 0 Å². The lowest BCUT2D eigenvalue weighted by molar-refractivity contribution is 0.252. The number of hydrogen-bond acceptors (Lipinski definition) is 2. The standard InChI is InChI=1S/C7H11I2NO/c1-6-7(11-5-10-6)3-9-4-8-2/h3-4,10H,5H2,1-2H3. The molecule has 0 aromatic carbocycles. The van der Waals surface area contributed by atoms with E-state index in [1.807, 2.05) is 0 Å². The molecule has 0 saturated carbocycles. The van der Waals surface area contributed by atoms with E-state index in [1.165, 1.54) is 5.70 Å². The van der Waals surface area contributed by atoms with E-state index in [4.69, 9.17) is 4.74 Å². The summed E-state index contributed by atoms with van der Waals surface area (Å²) < 4.78 is 10.0. The Morgan fingerprint density at radius 2 is 2.45 bits per heavy atom. The van der Waals surface area contributed by atoms with Crippen LogP contribution < -0.4 is 5.32 Å². The first-order chi connectivity index (χ1) is 5.34. The largest absolute Gasteiger partial charge is 0.471 e. The van der Waals surface area contributed by atoms with Crippen molar-refractivity contribution in [2.45, 2.75) is 6.92 Å². The quantitative estimate of drug-likeness (QED) is 0.585. The Morgan fingerprint density at radius 1 is 1.64 bits per heavy atom. The smallest absolute Gasteiger partial charge is 0.159 e. The van der Waals surface area contributed by atoms with E-state index >= 15 is 0 Å². The molecule has 0 saturated heterocycles. The van der Waals surface area contributed by atoms with Crippen LogP contribution in [0.1, 0.15) is 6.92 Å². The van der Waals surface area contributed by atoms with Gasteiger partial charge < -0.3 is 10.1 Å². The van der Waals surface area contributed by atoms with Crippen molar-refractivity contribution < 1.29 is 4.74 Å². The van der Waals surface area contributed by atoms with Gasteiger partial charge in [0.1, 0.15) is 5.76 Å². The summed E-state index contributed by atoms with van der Waals surface area (Å²) in [5, 5.41) is 3.14. The van der Waals surface area contributed by atoms with Gasteiger partial charge in [0.05, 0.1) is 5.70 Å². The second-order valence-corrected chi connectivity index (χ2v) is 8.21. The van der Waals surface area contributed by atoms with Crippen molar-refractivity contribution in [2.24, 2.45) is 0 Å². The topological polar surface area (TPSA) is 21.3 Å². The van der Waals surface area contributed by atoms with Crippen LogP contribution in [0.4, 0.5) is 0 Å². The second kappa shape index (κ2) is 5.23. The highest BCUT2D eigenvalue weighted by Crippen LogP contribution is 2.10. The fraction of sp³-hybridized carbons (Fsp3) is 0.429. The summed E-state index contributed by atoms with van der Waals surface area (Å²) in [6, 6.07) is 0. The van der Waals surface area contributed by atoms with Crippen LogP contribution >= 0.6 is 41.5 Å². The number of halogens is 2. The predicted molar refractivity (Wildman–Crippen MR) is 67.9 cm³/mol. The van der Waals surface area contributed by atoms with Crippen molar-refractivity contribution >= 4 is 47.5 Å². The molecule has 1 rings (SSSR count). The summed E-state index contributed by atoms with van der Waals surface area (Å²) in [6.07, 6.45) is 0. The van der Waals surface area contributed by atoms with Crippen molar-refractivity contribution in [1.82, 2.24) is 5.32 Å². The maximum atomic E-state index is 5.34. The highest BCUT2D eigenvalue weighted by atomic mass is 127. The van der Waals surface area contributed by atoms with Gasteiger partial charge in [-0.15, -0.1) is 20.7 Å². The minimum atomic E-state index is 0.161. The van der Waals surface area contributed by atoms with E-state index in [-0.39, 0.29) is 20.7 Å². The van der Waals surface area contributed by atoms with Crippen LogP contribution in [0.3, 0.4) is 0 Å². The lowest BCUT2D eigenvalue weighted by Gasteiger charge is -1.91. The third kappa shape index (κ3) is 3.18. The van der Waals surface area contributed by atoms with Crippen LogP contribution in [0.2, 0.25) is 0 Å². The van der Waals surface area contributed by atoms with Gasteiger partial charge in [0.25, 0.3) is 0 Å². The van der Waals surface area contributed by atoms with Crippen molar-refractivity contribution in [1.29, 1.82) is 0 Å². The summed E-state index contributed by atoms with van der Waals surface area (Å²) >= 11 is 0.525. The maximum absolute atomic E-state index is 5.34. The number of ether oxygens (including phenoxy) is 1. The summed E-state index contributed by atoms with van der Waals surface area (Å²) in [4.78, 5) is 2.28. The molecule has 1 heterocycles. The first-order valence-corrected chi connectivity index (χ1v) is 9.06. The van der Waals surface area contributed by atoms with Crippen LogP contribution in [0, 0.1) is 0 Å². The maximum Gasteiger partial charge on any atom is 0.159 e. The lowest BCUT2D eigenvalue weighted by Crippen LogP contribution is -2.04. The van der Waals surface area contributed by atoms with Crippen molar-refractivity contribution in [3.8, 4) is 0 Å². The molecule has 0 amide bonds. The van der Waals surface area contributed by atoms with Gasteiger partial charge in [-0.2, -0.15) is 0 Å². The predicted octanol–water partition coefficient (Wildman–Crippen LogP) is 1.93. The Hall–Kier alpha value is 0.540. The molecule has 2 nitrogen and oxygen atoms in total. The zero-order chi connectivity index (χ0) is 8.10.